The minimum atomic E-state index is 0.717. The standard InChI is InChI=1S/C13H20N2/c1-10-3-4-13(11-5-6-15-9-11)12(7-10)8-14-2/h3-4,7,11,14-15H,5-6,8-9H2,1-2H3/t11-/m0/s1. The zero-order valence-corrected chi connectivity index (χ0v) is 9.64. The fraction of sp³-hybridized carbons (Fsp3) is 0.538. The lowest BCUT2D eigenvalue weighted by Gasteiger charge is -2.15. The van der Waals surface area contributed by atoms with Crippen molar-refractivity contribution in [1.29, 1.82) is 0 Å². The lowest BCUT2D eigenvalue weighted by Crippen LogP contribution is -2.12. The summed E-state index contributed by atoms with van der Waals surface area (Å²) in [5, 5.41) is 6.69. The van der Waals surface area contributed by atoms with Crippen LogP contribution in [-0.4, -0.2) is 20.1 Å². The molecule has 0 unspecified atom stereocenters. The molecule has 1 aromatic carbocycles. The minimum absolute atomic E-state index is 0.717. The predicted molar refractivity (Wildman–Crippen MR) is 64.2 cm³/mol. The van der Waals surface area contributed by atoms with Gasteiger partial charge >= 0.3 is 0 Å². The van der Waals surface area contributed by atoms with Crippen molar-refractivity contribution in [3.05, 3.63) is 34.9 Å². The summed E-state index contributed by atoms with van der Waals surface area (Å²) in [5.41, 5.74) is 4.35. The molecule has 2 N–H and O–H groups in total. The molecular weight excluding hydrogens is 184 g/mol. The molecule has 1 aliphatic rings. The maximum atomic E-state index is 3.43. The van der Waals surface area contributed by atoms with Gasteiger partial charge in [-0.25, -0.2) is 0 Å². The highest BCUT2D eigenvalue weighted by Gasteiger charge is 2.18. The van der Waals surface area contributed by atoms with E-state index < -0.39 is 0 Å². The molecular formula is C13H20N2. The molecule has 2 heteroatoms. The summed E-state index contributed by atoms with van der Waals surface area (Å²) in [6, 6.07) is 6.84. The molecule has 1 heterocycles. The van der Waals surface area contributed by atoms with E-state index in [1.807, 2.05) is 7.05 Å². The van der Waals surface area contributed by atoms with Crippen LogP contribution in [-0.2, 0) is 6.54 Å². The second kappa shape index (κ2) is 4.77. The van der Waals surface area contributed by atoms with Gasteiger partial charge in [0.05, 0.1) is 0 Å². The van der Waals surface area contributed by atoms with Gasteiger partial charge in [-0.1, -0.05) is 23.8 Å². The molecule has 1 atom stereocenters. The maximum Gasteiger partial charge on any atom is 0.0205 e. The van der Waals surface area contributed by atoms with E-state index in [0.29, 0.717) is 5.92 Å². The molecule has 0 radical (unpaired) electrons. The van der Waals surface area contributed by atoms with Gasteiger partial charge in [-0.15, -0.1) is 0 Å². The summed E-state index contributed by atoms with van der Waals surface area (Å²) < 4.78 is 0. The first-order valence-corrected chi connectivity index (χ1v) is 5.76. The third-order valence-corrected chi connectivity index (χ3v) is 3.17. The van der Waals surface area contributed by atoms with E-state index in [2.05, 4.69) is 35.8 Å². The van der Waals surface area contributed by atoms with Crippen LogP contribution in [0.2, 0.25) is 0 Å². The molecule has 1 fully saturated rings. The Bertz CT molecular complexity index is 327. The van der Waals surface area contributed by atoms with E-state index in [-0.39, 0.29) is 0 Å². The number of rotatable bonds is 3. The van der Waals surface area contributed by atoms with E-state index in [1.165, 1.54) is 23.1 Å². The highest BCUT2D eigenvalue weighted by Crippen LogP contribution is 2.26. The van der Waals surface area contributed by atoms with Crippen LogP contribution in [0.5, 0.6) is 0 Å². The molecule has 2 rings (SSSR count). The Kier molecular flexibility index (Phi) is 3.39. The molecule has 0 saturated carbocycles. The van der Waals surface area contributed by atoms with E-state index >= 15 is 0 Å². The van der Waals surface area contributed by atoms with E-state index in [0.717, 1.165) is 19.6 Å². The SMILES string of the molecule is CNCc1cc(C)ccc1[C@H]1CCNC1. The van der Waals surface area contributed by atoms with Crippen LogP contribution in [0.15, 0.2) is 18.2 Å². The lowest BCUT2D eigenvalue weighted by molar-refractivity contribution is 0.728. The number of benzene rings is 1. The van der Waals surface area contributed by atoms with Gasteiger partial charge in [-0.05, 0) is 44.0 Å². The zero-order valence-electron chi connectivity index (χ0n) is 9.64. The van der Waals surface area contributed by atoms with E-state index in [4.69, 9.17) is 0 Å². The summed E-state index contributed by atoms with van der Waals surface area (Å²) in [7, 11) is 2.01. The maximum absolute atomic E-state index is 3.43. The molecule has 1 aliphatic heterocycles. The number of nitrogens with one attached hydrogen (secondary N) is 2. The minimum Gasteiger partial charge on any atom is -0.316 e. The average molecular weight is 204 g/mol. The van der Waals surface area contributed by atoms with Gasteiger partial charge in [-0.2, -0.15) is 0 Å². The smallest absolute Gasteiger partial charge is 0.0205 e. The van der Waals surface area contributed by atoms with E-state index in [1.54, 1.807) is 0 Å². The van der Waals surface area contributed by atoms with Crippen molar-refractivity contribution in [3.8, 4) is 0 Å². The fourth-order valence-electron chi connectivity index (χ4n) is 2.40. The zero-order chi connectivity index (χ0) is 10.7. The van der Waals surface area contributed by atoms with E-state index in [9.17, 15) is 0 Å². The van der Waals surface area contributed by atoms with Crippen LogP contribution >= 0.6 is 0 Å². The van der Waals surface area contributed by atoms with Gasteiger partial charge in [-0.3, -0.25) is 0 Å². The summed E-state index contributed by atoms with van der Waals surface area (Å²) in [5.74, 6) is 0.717. The first-order valence-electron chi connectivity index (χ1n) is 5.76. The monoisotopic (exact) mass is 204 g/mol. The Morgan fingerprint density at radius 1 is 1.47 bits per heavy atom. The van der Waals surface area contributed by atoms with Crippen LogP contribution in [0.4, 0.5) is 0 Å². The molecule has 2 nitrogen and oxygen atoms in total. The number of hydrogen-bond donors (Lipinski definition) is 2. The van der Waals surface area contributed by atoms with Crippen LogP contribution in [0.3, 0.4) is 0 Å². The fourth-order valence-corrected chi connectivity index (χ4v) is 2.40. The van der Waals surface area contributed by atoms with Crippen LogP contribution in [0, 0.1) is 6.92 Å². The van der Waals surface area contributed by atoms with Crippen molar-refractivity contribution in [2.45, 2.75) is 25.8 Å². The molecule has 15 heavy (non-hydrogen) atoms. The number of hydrogen-bond acceptors (Lipinski definition) is 2. The van der Waals surface area contributed by atoms with Gasteiger partial charge < -0.3 is 10.6 Å². The van der Waals surface area contributed by atoms with Crippen molar-refractivity contribution >= 4 is 0 Å². The molecule has 0 bridgehead atoms. The van der Waals surface area contributed by atoms with Gasteiger partial charge in [0, 0.05) is 13.1 Å². The van der Waals surface area contributed by atoms with Crippen molar-refractivity contribution in [2.24, 2.45) is 0 Å². The summed E-state index contributed by atoms with van der Waals surface area (Å²) >= 11 is 0. The average Bonchev–Trinajstić information content (AvgIpc) is 2.71. The van der Waals surface area contributed by atoms with Gasteiger partial charge in [0.25, 0.3) is 0 Å². The second-order valence-electron chi connectivity index (χ2n) is 4.42. The first-order chi connectivity index (χ1) is 7.31. The summed E-state index contributed by atoms with van der Waals surface area (Å²) in [6.07, 6.45) is 1.28. The lowest BCUT2D eigenvalue weighted by atomic mass is 9.92. The largest absolute Gasteiger partial charge is 0.316 e. The normalized spacial score (nSPS) is 20.8. The molecule has 1 saturated heterocycles. The number of aryl methyl sites for hydroxylation is 1. The Balaban J connectivity index is 2.27. The highest BCUT2D eigenvalue weighted by molar-refractivity contribution is 5.35. The first kappa shape index (κ1) is 10.7. The molecule has 0 amide bonds. The molecule has 0 aromatic heterocycles. The van der Waals surface area contributed by atoms with Gasteiger partial charge in [0.1, 0.15) is 0 Å². The third-order valence-electron chi connectivity index (χ3n) is 3.17. The van der Waals surface area contributed by atoms with Crippen molar-refractivity contribution in [2.75, 3.05) is 20.1 Å². The molecule has 1 aromatic rings. The summed E-state index contributed by atoms with van der Waals surface area (Å²) in [6.45, 7) is 5.45. The quantitative estimate of drug-likeness (QED) is 0.784. The Morgan fingerprint density at radius 2 is 2.33 bits per heavy atom. The van der Waals surface area contributed by atoms with Gasteiger partial charge in [0.2, 0.25) is 0 Å². The topological polar surface area (TPSA) is 24.1 Å². The molecule has 0 aliphatic carbocycles. The van der Waals surface area contributed by atoms with Crippen molar-refractivity contribution < 1.29 is 0 Å². The van der Waals surface area contributed by atoms with Crippen molar-refractivity contribution in [1.82, 2.24) is 10.6 Å². The molecule has 0 spiro atoms. The van der Waals surface area contributed by atoms with Crippen LogP contribution < -0.4 is 10.6 Å². The Hall–Kier alpha value is -0.860. The Labute approximate surface area is 92.1 Å². The highest BCUT2D eigenvalue weighted by atomic mass is 14.9. The molecule has 82 valence electrons. The summed E-state index contributed by atoms with van der Waals surface area (Å²) in [4.78, 5) is 0. The second-order valence-corrected chi connectivity index (χ2v) is 4.42. The van der Waals surface area contributed by atoms with Crippen LogP contribution in [0.25, 0.3) is 0 Å². The van der Waals surface area contributed by atoms with Crippen LogP contribution in [0.1, 0.15) is 29.0 Å². The van der Waals surface area contributed by atoms with Crippen molar-refractivity contribution in [3.63, 3.8) is 0 Å². The van der Waals surface area contributed by atoms with Gasteiger partial charge in [0.15, 0.2) is 0 Å². The third kappa shape index (κ3) is 2.39. The Morgan fingerprint density at radius 3 is 3.00 bits per heavy atom. The predicted octanol–water partition coefficient (Wildman–Crippen LogP) is 1.79.